The minimum atomic E-state index is 0.179. The monoisotopic (exact) mass is 419 g/mol. The Balaban J connectivity index is 1.48. The normalized spacial score (nSPS) is 16.6. The van der Waals surface area contributed by atoms with E-state index in [1.54, 1.807) is 11.3 Å². The number of aryl methyl sites for hydroxylation is 3. The van der Waals surface area contributed by atoms with Crippen molar-refractivity contribution in [3.05, 3.63) is 80.6 Å². The number of hydrogen-bond donors (Lipinski definition) is 0. The zero-order valence-corrected chi connectivity index (χ0v) is 18.8. The lowest BCUT2D eigenvalue weighted by Gasteiger charge is -2.32. The second-order valence-corrected chi connectivity index (χ2v) is 9.42. The van der Waals surface area contributed by atoms with Crippen LogP contribution in [0.2, 0.25) is 0 Å². The summed E-state index contributed by atoms with van der Waals surface area (Å²) < 4.78 is 0. The second-order valence-electron chi connectivity index (χ2n) is 8.36. The standard InChI is InChI=1S/C25H29N3OS/c1-17-7-4-5-8-21(17)12-20-11-18(2)26-24(13-20)22-9-6-10-28(15-22)25(29)14-23-16-30-19(3)27-23/h4-5,7-8,11,13,16,22H,6,9-10,12,14-15H2,1-3H3/t22-/m1/s1. The molecule has 3 heterocycles. The van der Waals surface area contributed by atoms with Crippen LogP contribution in [0, 0.1) is 20.8 Å². The maximum Gasteiger partial charge on any atom is 0.228 e. The maximum atomic E-state index is 12.8. The van der Waals surface area contributed by atoms with Crippen molar-refractivity contribution < 1.29 is 4.79 Å². The van der Waals surface area contributed by atoms with Crippen LogP contribution in [0.4, 0.5) is 0 Å². The van der Waals surface area contributed by atoms with Gasteiger partial charge in [-0.1, -0.05) is 24.3 Å². The molecule has 0 N–H and O–H groups in total. The predicted molar refractivity (Wildman–Crippen MR) is 122 cm³/mol. The van der Waals surface area contributed by atoms with Gasteiger partial charge in [0, 0.05) is 35.8 Å². The van der Waals surface area contributed by atoms with Crippen LogP contribution >= 0.6 is 11.3 Å². The molecule has 0 unspecified atom stereocenters. The first-order chi connectivity index (χ1) is 14.5. The lowest BCUT2D eigenvalue weighted by molar-refractivity contribution is -0.131. The molecule has 0 aliphatic carbocycles. The minimum Gasteiger partial charge on any atom is -0.342 e. The first-order valence-corrected chi connectivity index (χ1v) is 11.6. The highest BCUT2D eigenvalue weighted by molar-refractivity contribution is 7.09. The van der Waals surface area contributed by atoms with Gasteiger partial charge in [-0.2, -0.15) is 0 Å². The van der Waals surface area contributed by atoms with Crippen molar-refractivity contribution >= 4 is 17.2 Å². The van der Waals surface area contributed by atoms with E-state index in [2.05, 4.69) is 55.2 Å². The average Bonchev–Trinajstić information content (AvgIpc) is 3.14. The summed E-state index contributed by atoms with van der Waals surface area (Å²) in [7, 11) is 0. The van der Waals surface area contributed by atoms with Crippen LogP contribution < -0.4 is 0 Å². The molecule has 1 aromatic carbocycles. The Morgan fingerprint density at radius 1 is 1.17 bits per heavy atom. The van der Waals surface area contributed by atoms with Gasteiger partial charge < -0.3 is 4.90 Å². The van der Waals surface area contributed by atoms with E-state index in [1.807, 2.05) is 17.2 Å². The lowest BCUT2D eigenvalue weighted by atomic mass is 9.91. The fourth-order valence-electron chi connectivity index (χ4n) is 4.31. The Bertz CT molecular complexity index is 1040. The number of pyridine rings is 1. The highest BCUT2D eigenvalue weighted by Gasteiger charge is 2.26. The van der Waals surface area contributed by atoms with Gasteiger partial charge in [-0.3, -0.25) is 9.78 Å². The Hall–Kier alpha value is -2.53. The molecule has 156 valence electrons. The number of carbonyl (C=O) groups excluding carboxylic acids is 1. The van der Waals surface area contributed by atoms with Gasteiger partial charge in [0.2, 0.25) is 5.91 Å². The van der Waals surface area contributed by atoms with Crippen molar-refractivity contribution in [3.8, 4) is 0 Å². The predicted octanol–water partition coefficient (Wildman–Crippen LogP) is 5.00. The first kappa shape index (κ1) is 20.7. The van der Waals surface area contributed by atoms with Crippen molar-refractivity contribution in [1.82, 2.24) is 14.9 Å². The summed E-state index contributed by atoms with van der Waals surface area (Å²) in [6.45, 7) is 7.80. The van der Waals surface area contributed by atoms with Gasteiger partial charge in [0.1, 0.15) is 0 Å². The number of nitrogens with zero attached hydrogens (tertiary/aromatic N) is 3. The molecule has 1 amide bonds. The number of amides is 1. The van der Waals surface area contributed by atoms with E-state index < -0.39 is 0 Å². The summed E-state index contributed by atoms with van der Waals surface area (Å²) in [6, 6.07) is 13.0. The molecule has 0 spiro atoms. The van der Waals surface area contributed by atoms with Gasteiger partial charge in [0.25, 0.3) is 0 Å². The summed E-state index contributed by atoms with van der Waals surface area (Å²) in [4.78, 5) is 24.1. The third kappa shape index (κ3) is 4.96. The number of piperidine rings is 1. The zero-order chi connectivity index (χ0) is 21.1. The second kappa shape index (κ2) is 9.09. The van der Waals surface area contributed by atoms with Crippen molar-refractivity contribution in [2.24, 2.45) is 0 Å². The van der Waals surface area contributed by atoms with E-state index in [0.29, 0.717) is 12.3 Å². The summed E-state index contributed by atoms with van der Waals surface area (Å²) >= 11 is 1.60. The number of likely N-dealkylation sites (tertiary alicyclic amines) is 1. The van der Waals surface area contributed by atoms with Crippen LogP contribution in [-0.2, 0) is 17.6 Å². The largest absolute Gasteiger partial charge is 0.342 e. The van der Waals surface area contributed by atoms with Crippen LogP contribution in [0.5, 0.6) is 0 Å². The Morgan fingerprint density at radius 3 is 2.77 bits per heavy atom. The lowest BCUT2D eigenvalue weighted by Crippen LogP contribution is -2.40. The van der Waals surface area contributed by atoms with Gasteiger partial charge in [0.15, 0.2) is 0 Å². The molecule has 5 heteroatoms. The molecule has 4 nitrogen and oxygen atoms in total. The van der Waals surface area contributed by atoms with E-state index in [1.165, 1.54) is 16.7 Å². The van der Waals surface area contributed by atoms with Crippen LogP contribution in [-0.4, -0.2) is 33.9 Å². The molecule has 1 aliphatic rings. The van der Waals surface area contributed by atoms with E-state index in [9.17, 15) is 4.79 Å². The van der Waals surface area contributed by atoms with E-state index in [-0.39, 0.29) is 5.91 Å². The van der Waals surface area contributed by atoms with Crippen molar-refractivity contribution in [2.45, 2.75) is 52.4 Å². The number of rotatable bonds is 5. The fourth-order valence-corrected chi connectivity index (χ4v) is 4.92. The summed E-state index contributed by atoms with van der Waals surface area (Å²) in [5, 5.41) is 3.01. The third-order valence-corrected chi connectivity index (χ3v) is 6.70. The molecule has 1 saturated heterocycles. The molecule has 0 saturated carbocycles. The number of carbonyl (C=O) groups is 1. The summed E-state index contributed by atoms with van der Waals surface area (Å²) in [5.41, 5.74) is 7.04. The van der Waals surface area contributed by atoms with Crippen molar-refractivity contribution in [1.29, 1.82) is 0 Å². The Kier molecular flexibility index (Phi) is 6.28. The van der Waals surface area contributed by atoms with Crippen LogP contribution in [0.25, 0.3) is 0 Å². The Morgan fingerprint density at radius 2 is 2.00 bits per heavy atom. The first-order valence-electron chi connectivity index (χ1n) is 10.7. The smallest absolute Gasteiger partial charge is 0.228 e. The van der Waals surface area contributed by atoms with Crippen LogP contribution in [0.1, 0.15) is 57.5 Å². The number of hydrogen-bond acceptors (Lipinski definition) is 4. The number of thiazole rings is 1. The molecule has 30 heavy (non-hydrogen) atoms. The minimum absolute atomic E-state index is 0.179. The zero-order valence-electron chi connectivity index (χ0n) is 18.0. The molecule has 1 aliphatic heterocycles. The highest BCUT2D eigenvalue weighted by Crippen LogP contribution is 2.28. The number of aromatic nitrogens is 2. The van der Waals surface area contributed by atoms with Gasteiger partial charge >= 0.3 is 0 Å². The molecule has 0 bridgehead atoms. The van der Waals surface area contributed by atoms with Gasteiger partial charge in [0.05, 0.1) is 17.1 Å². The highest BCUT2D eigenvalue weighted by atomic mass is 32.1. The topological polar surface area (TPSA) is 46.1 Å². The molecular formula is C25H29N3OS. The van der Waals surface area contributed by atoms with Crippen LogP contribution in [0.15, 0.2) is 41.8 Å². The fraction of sp³-hybridized carbons (Fsp3) is 0.400. The third-order valence-electron chi connectivity index (χ3n) is 5.88. The number of benzene rings is 1. The molecule has 4 rings (SSSR count). The van der Waals surface area contributed by atoms with E-state index in [4.69, 9.17) is 4.98 Å². The van der Waals surface area contributed by atoms with Crippen LogP contribution in [0.3, 0.4) is 0 Å². The summed E-state index contributed by atoms with van der Waals surface area (Å²) in [6.07, 6.45) is 3.42. The van der Waals surface area contributed by atoms with Gasteiger partial charge in [-0.05, 0) is 68.9 Å². The van der Waals surface area contributed by atoms with E-state index in [0.717, 1.165) is 54.4 Å². The molecule has 1 atom stereocenters. The molecule has 1 fully saturated rings. The molecule has 0 radical (unpaired) electrons. The summed E-state index contributed by atoms with van der Waals surface area (Å²) in [5.74, 6) is 0.480. The SMILES string of the molecule is Cc1cc(Cc2ccccc2C)cc([C@@H]2CCCN(C(=O)Cc3csc(C)n3)C2)n1. The molecule has 3 aromatic rings. The Labute approximate surface area is 183 Å². The van der Waals surface area contributed by atoms with Crippen molar-refractivity contribution in [3.63, 3.8) is 0 Å². The quantitative estimate of drug-likeness (QED) is 0.584. The van der Waals surface area contributed by atoms with Crippen molar-refractivity contribution in [2.75, 3.05) is 13.1 Å². The molecular weight excluding hydrogens is 390 g/mol. The molecule has 2 aromatic heterocycles. The average molecular weight is 420 g/mol. The maximum absolute atomic E-state index is 12.8. The van der Waals surface area contributed by atoms with Gasteiger partial charge in [-0.15, -0.1) is 11.3 Å². The van der Waals surface area contributed by atoms with Gasteiger partial charge in [-0.25, -0.2) is 4.98 Å². The van der Waals surface area contributed by atoms with E-state index >= 15 is 0 Å².